The quantitative estimate of drug-likeness (QED) is 0.467. The molecule has 5 rings (SSSR count). The fourth-order valence-corrected chi connectivity index (χ4v) is 5.57. The number of fused-ring (bicyclic) bond motifs is 1. The van der Waals surface area contributed by atoms with E-state index in [-0.39, 0.29) is 11.8 Å². The summed E-state index contributed by atoms with van der Waals surface area (Å²) in [5.74, 6) is 0.116. The van der Waals surface area contributed by atoms with Gasteiger partial charge in [0.2, 0.25) is 16.2 Å². The summed E-state index contributed by atoms with van der Waals surface area (Å²) < 4.78 is 2.13. The van der Waals surface area contributed by atoms with Crippen molar-refractivity contribution in [2.75, 3.05) is 24.5 Å². The van der Waals surface area contributed by atoms with Crippen LogP contribution in [0.5, 0.6) is 0 Å². The van der Waals surface area contributed by atoms with Gasteiger partial charge in [-0.2, -0.15) is 0 Å². The fraction of sp³-hybridized carbons (Fsp3) is 0.375. The second kappa shape index (κ2) is 8.78. The Morgan fingerprint density at radius 2 is 1.94 bits per heavy atom. The molecule has 1 aliphatic heterocycles. The van der Waals surface area contributed by atoms with Crippen molar-refractivity contribution in [3.8, 4) is 5.13 Å². The number of aryl methyl sites for hydroxylation is 2. The highest BCUT2D eigenvalue weighted by atomic mass is 32.1. The molecule has 1 saturated heterocycles. The van der Waals surface area contributed by atoms with Gasteiger partial charge in [-0.1, -0.05) is 29.5 Å². The van der Waals surface area contributed by atoms with Crippen molar-refractivity contribution in [3.05, 3.63) is 59.5 Å². The molecule has 4 aromatic rings. The minimum Gasteiger partial charge on any atom is -0.361 e. The summed E-state index contributed by atoms with van der Waals surface area (Å²) in [7, 11) is 0. The predicted octanol–water partition coefficient (Wildman–Crippen LogP) is 4.00. The highest BCUT2D eigenvalue weighted by molar-refractivity contribution is 7.17. The van der Waals surface area contributed by atoms with E-state index in [1.807, 2.05) is 18.3 Å². The van der Waals surface area contributed by atoms with Gasteiger partial charge < -0.3 is 15.2 Å². The Morgan fingerprint density at radius 1 is 1.16 bits per heavy atom. The number of hydrogen-bond donors (Lipinski definition) is 2. The lowest BCUT2D eigenvalue weighted by Crippen LogP contribution is -2.43. The second-order valence-electron chi connectivity index (χ2n) is 8.50. The molecule has 8 heteroatoms. The molecule has 7 nitrogen and oxygen atoms in total. The molecule has 4 heterocycles. The summed E-state index contributed by atoms with van der Waals surface area (Å²) in [6.07, 6.45) is 4.76. The molecule has 0 aliphatic carbocycles. The van der Waals surface area contributed by atoms with Crippen LogP contribution in [0.15, 0.2) is 42.6 Å². The van der Waals surface area contributed by atoms with Crippen molar-refractivity contribution < 1.29 is 4.79 Å². The van der Waals surface area contributed by atoms with Gasteiger partial charge >= 0.3 is 0 Å². The van der Waals surface area contributed by atoms with Crippen molar-refractivity contribution in [1.29, 1.82) is 0 Å². The number of carbonyl (C=O) groups is 1. The van der Waals surface area contributed by atoms with Gasteiger partial charge in [0.05, 0.1) is 5.92 Å². The Hall–Kier alpha value is -3.13. The van der Waals surface area contributed by atoms with E-state index >= 15 is 0 Å². The van der Waals surface area contributed by atoms with Crippen LogP contribution < -0.4 is 10.2 Å². The van der Waals surface area contributed by atoms with Gasteiger partial charge in [0.1, 0.15) is 0 Å². The number of piperidine rings is 1. The number of rotatable bonds is 6. The fourth-order valence-electron chi connectivity index (χ4n) is 4.56. The highest BCUT2D eigenvalue weighted by Gasteiger charge is 2.28. The average Bonchev–Trinajstić information content (AvgIpc) is 3.53. The number of amides is 1. The summed E-state index contributed by atoms with van der Waals surface area (Å²) in [5, 5.41) is 15.0. The number of H-pyrrole nitrogens is 1. The topological polar surface area (TPSA) is 78.8 Å². The zero-order valence-electron chi connectivity index (χ0n) is 18.5. The van der Waals surface area contributed by atoms with E-state index in [2.05, 4.69) is 68.1 Å². The van der Waals surface area contributed by atoms with Crippen LogP contribution in [-0.2, 0) is 11.2 Å². The Balaban J connectivity index is 1.19. The molecule has 1 amide bonds. The number of nitrogens with zero attached hydrogens (tertiary/aromatic N) is 4. The number of hydrogen-bond acceptors (Lipinski definition) is 5. The standard InChI is InChI=1S/C24H28N6OS/c1-16-9-10-17(2)30(16)24-28-27-23(32-24)29-13-5-6-19(15-29)22(31)25-12-11-18-14-26-21-8-4-3-7-20(18)21/h3-4,7-10,14,19,26H,5-6,11-13,15H2,1-2H3,(H,25,31)/t19-/m0/s1. The third-order valence-corrected chi connectivity index (χ3v) is 7.27. The molecule has 166 valence electrons. The van der Waals surface area contributed by atoms with E-state index in [1.54, 1.807) is 11.3 Å². The number of benzene rings is 1. The SMILES string of the molecule is Cc1ccc(C)n1-c1nnc(N2CCC[C@H](C(=O)NCCc3c[nH]c4ccccc34)C2)s1. The van der Waals surface area contributed by atoms with Gasteiger partial charge in [0, 0.05) is 48.1 Å². The normalized spacial score (nSPS) is 16.6. The van der Waals surface area contributed by atoms with Crippen molar-refractivity contribution in [3.63, 3.8) is 0 Å². The van der Waals surface area contributed by atoms with Crippen LogP contribution in [0.25, 0.3) is 16.0 Å². The van der Waals surface area contributed by atoms with Crippen molar-refractivity contribution in [1.82, 2.24) is 25.1 Å². The van der Waals surface area contributed by atoms with E-state index < -0.39 is 0 Å². The van der Waals surface area contributed by atoms with E-state index in [1.165, 1.54) is 10.9 Å². The number of nitrogens with one attached hydrogen (secondary N) is 2. The molecule has 3 aromatic heterocycles. The molecule has 0 unspecified atom stereocenters. The third kappa shape index (κ3) is 4.02. The first-order valence-electron chi connectivity index (χ1n) is 11.2. The molecule has 1 aromatic carbocycles. The Morgan fingerprint density at radius 3 is 2.78 bits per heavy atom. The van der Waals surface area contributed by atoms with E-state index in [9.17, 15) is 4.79 Å². The number of para-hydroxylation sites is 1. The minimum absolute atomic E-state index is 0.0193. The summed E-state index contributed by atoms with van der Waals surface area (Å²) in [6, 6.07) is 12.5. The Kier molecular flexibility index (Phi) is 5.70. The molecule has 2 N–H and O–H groups in total. The number of anilines is 1. The maximum atomic E-state index is 12.9. The van der Waals surface area contributed by atoms with Crippen LogP contribution in [0.4, 0.5) is 5.13 Å². The molecule has 1 aliphatic rings. The van der Waals surface area contributed by atoms with Crippen molar-refractivity contribution in [2.45, 2.75) is 33.1 Å². The summed E-state index contributed by atoms with van der Waals surface area (Å²) >= 11 is 1.59. The third-order valence-electron chi connectivity index (χ3n) is 6.30. The Labute approximate surface area is 191 Å². The van der Waals surface area contributed by atoms with Crippen molar-refractivity contribution >= 4 is 33.3 Å². The van der Waals surface area contributed by atoms with Crippen LogP contribution in [0.3, 0.4) is 0 Å². The molecular weight excluding hydrogens is 420 g/mol. The summed E-state index contributed by atoms with van der Waals surface area (Å²) in [4.78, 5) is 18.4. The predicted molar refractivity (Wildman–Crippen MR) is 129 cm³/mol. The van der Waals surface area contributed by atoms with Gasteiger partial charge in [-0.15, -0.1) is 10.2 Å². The second-order valence-corrected chi connectivity index (χ2v) is 9.44. The lowest BCUT2D eigenvalue weighted by molar-refractivity contribution is -0.125. The molecule has 1 fully saturated rings. The van der Waals surface area contributed by atoms with E-state index in [4.69, 9.17) is 0 Å². The van der Waals surface area contributed by atoms with E-state index in [0.29, 0.717) is 13.1 Å². The number of aromatic amines is 1. The van der Waals surface area contributed by atoms with Crippen LogP contribution in [0, 0.1) is 19.8 Å². The molecular formula is C24H28N6OS. The highest BCUT2D eigenvalue weighted by Crippen LogP contribution is 2.29. The zero-order valence-corrected chi connectivity index (χ0v) is 19.3. The van der Waals surface area contributed by atoms with Gasteiger partial charge in [0.25, 0.3) is 0 Å². The van der Waals surface area contributed by atoms with Gasteiger partial charge in [-0.3, -0.25) is 9.36 Å². The zero-order chi connectivity index (χ0) is 22.1. The minimum atomic E-state index is -0.0193. The summed E-state index contributed by atoms with van der Waals surface area (Å²) in [6.45, 7) is 6.40. The van der Waals surface area contributed by atoms with Crippen LogP contribution >= 0.6 is 11.3 Å². The lowest BCUT2D eigenvalue weighted by atomic mass is 9.97. The lowest BCUT2D eigenvalue weighted by Gasteiger charge is -2.31. The maximum absolute atomic E-state index is 12.9. The number of carbonyl (C=O) groups excluding carboxylic acids is 1. The molecule has 1 atom stereocenters. The first-order chi connectivity index (χ1) is 15.6. The van der Waals surface area contributed by atoms with Crippen LogP contribution in [0.2, 0.25) is 0 Å². The van der Waals surface area contributed by atoms with Gasteiger partial charge in [-0.05, 0) is 56.9 Å². The Bertz CT molecular complexity index is 1220. The van der Waals surface area contributed by atoms with Gasteiger partial charge in [-0.25, -0.2) is 0 Å². The molecule has 0 radical (unpaired) electrons. The first kappa shape index (κ1) is 20.8. The molecule has 0 saturated carbocycles. The largest absolute Gasteiger partial charge is 0.361 e. The van der Waals surface area contributed by atoms with Crippen LogP contribution in [0.1, 0.15) is 29.8 Å². The summed E-state index contributed by atoms with van der Waals surface area (Å²) in [5.41, 5.74) is 4.68. The molecule has 0 spiro atoms. The first-order valence-corrected chi connectivity index (χ1v) is 12.0. The molecule has 0 bridgehead atoms. The van der Waals surface area contributed by atoms with Gasteiger partial charge in [0.15, 0.2) is 0 Å². The molecule has 32 heavy (non-hydrogen) atoms. The van der Waals surface area contributed by atoms with Crippen LogP contribution in [-0.4, -0.2) is 45.3 Å². The van der Waals surface area contributed by atoms with E-state index in [0.717, 1.165) is 53.0 Å². The number of aromatic nitrogens is 4. The maximum Gasteiger partial charge on any atom is 0.224 e. The van der Waals surface area contributed by atoms with Crippen molar-refractivity contribution in [2.24, 2.45) is 5.92 Å². The smallest absolute Gasteiger partial charge is 0.224 e. The average molecular weight is 449 g/mol. The monoisotopic (exact) mass is 448 g/mol.